The highest BCUT2D eigenvalue weighted by Crippen LogP contribution is 2.13. The number of alkyl halides is 1. The third-order valence-corrected chi connectivity index (χ3v) is 2.31. The molecule has 0 unspecified atom stereocenters. The molecule has 0 aliphatic carbocycles. The van der Waals surface area contributed by atoms with Crippen molar-refractivity contribution in [2.75, 3.05) is 5.88 Å². The molecule has 80 valence electrons. The van der Waals surface area contributed by atoms with E-state index in [0.717, 1.165) is 17.5 Å². The highest BCUT2D eigenvalue weighted by Gasteiger charge is 2.03. The van der Waals surface area contributed by atoms with Crippen molar-refractivity contribution in [3.05, 3.63) is 41.0 Å². The molecule has 0 heterocycles. The number of aromatic carboxylic acids is 1. The average molecular weight is 225 g/mol. The highest BCUT2D eigenvalue weighted by atomic mass is 35.5. The topological polar surface area (TPSA) is 37.3 Å². The lowest BCUT2D eigenvalue weighted by atomic mass is 10.0. The molecule has 0 saturated heterocycles. The summed E-state index contributed by atoms with van der Waals surface area (Å²) in [6, 6.07) is 5.09. The third kappa shape index (κ3) is 3.40. The number of hydrogen-bond donors (Lipinski definition) is 1. The van der Waals surface area contributed by atoms with Gasteiger partial charge in [0.15, 0.2) is 0 Å². The molecule has 0 fully saturated rings. The highest BCUT2D eigenvalue weighted by molar-refractivity contribution is 6.17. The zero-order chi connectivity index (χ0) is 11.3. The summed E-state index contributed by atoms with van der Waals surface area (Å²) < 4.78 is 0. The molecule has 1 N–H and O–H groups in total. The first kappa shape index (κ1) is 11.8. The molecule has 0 bridgehead atoms. The number of carbonyl (C=O) groups is 1. The van der Waals surface area contributed by atoms with Crippen LogP contribution in [0.4, 0.5) is 0 Å². The summed E-state index contributed by atoms with van der Waals surface area (Å²) in [7, 11) is 0. The Bertz CT molecular complexity index is 383. The molecule has 0 aromatic heterocycles. The minimum absolute atomic E-state index is 0.321. The van der Waals surface area contributed by atoms with Crippen molar-refractivity contribution in [3.8, 4) is 0 Å². The van der Waals surface area contributed by atoms with Crippen LogP contribution in [0.15, 0.2) is 24.3 Å². The first-order valence-electron chi connectivity index (χ1n) is 4.71. The van der Waals surface area contributed by atoms with Gasteiger partial charge < -0.3 is 5.11 Å². The van der Waals surface area contributed by atoms with E-state index in [1.807, 2.05) is 25.1 Å². The Morgan fingerprint density at radius 1 is 1.53 bits per heavy atom. The molecule has 0 saturated carbocycles. The Balaban J connectivity index is 2.88. The molecule has 1 aromatic rings. The smallest absolute Gasteiger partial charge is 0.335 e. The predicted octanol–water partition coefficient (Wildman–Crippen LogP) is 3.34. The largest absolute Gasteiger partial charge is 0.478 e. The molecule has 0 radical (unpaired) electrons. The molecule has 0 amide bonds. The van der Waals surface area contributed by atoms with Gasteiger partial charge >= 0.3 is 5.97 Å². The van der Waals surface area contributed by atoms with Crippen molar-refractivity contribution in [3.63, 3.8) is 0 Å². The van der Waals surface area contributed by atoms with Crippen LogP contribution in [0.3, 0.4) is 0 Å². The van der Waals surface area contributed by atoms with Crippen LogP contribution in [-0.4, -0.2) is 17.0 Å². The van der Waals surface area contributed by atoms with Crippen LogP contribution in [0.2, 0.25) is 0 Å². The van der Waals surface area contributed by atoms with Crippen LogP contribution in [-0.2, 0) is 0 Å². The van der Waals surface area contributed by atoms with Crippen LogP contribution >= 0.6 is 11.6 Å². The summed E-state index contributed by atoms with van der Waals surface area (Å²) in [6.45, 7) is 1.90. The summed E-state index contributed by atoms with van der Waals surface area (Å²) in [4.78, 5) is 10.7. The average Bonchev–Trinajstić information content (AvgIpc) is 2.20. The summed E-state index contributed by atoms with van der Waals surface area (Å²) in [6.07, 6.45) is 4.76. The van der Waals surface area contributed by atoms with Gasteiger partial charge in [-0.2, -0.15) is 0 Å². The zero-order valence-corrected chi connectivity index (χ0v) is 9.29. The van der Waals surface area contributed by atoms with Gasteiger partial charge in [-0.3, -0.25) is 0 Å². The molecule has 3 heteroatoms. The van der Waals surface area contributed by atoms with E-state index >= 15 is 0 Å². The van der Waals surface area contributed by atoms with Crippen LogP contribution in [0.5, 0.6) is 0 Å². The van der Waals surface area contributed by atoms with E-state index in [4.69, 9.17) is 16.7 Å². The van der Waals surface area contributed by atoms with Gasteiger partial charge in [0, 0.05) is 5.88 Å². The molecule has 0 spiro atoms. The van der Waals surface area contributed by atoms with Crippen molar-refractivity contribution in [2.45, 2.75) is 13.3 Å². The van der Waals surface area contributed by atoms with Gasteiger partial charge in [-0.15, -0.1) is 11.6 Å². The van der Waals surface area contributed by atoms with Crippen molar-refractivity contribution in [1.82, 2.24) is 0 Å². The first-order valence-corrected chi connectivity index (χ1v) is 5.25. The molecule has 0 aliphatic rings. The van der Waals surface area contributed by atoms with Gasteiger partial charge in [0.2, 0.25) is 0 Å². The lowest BCUT2D eigenvalue weighted by molar-refractivity contribution is 0.0697. The quantitative estimate of drug-likeness (QED) is 0.797. The Hall–Kier alpha value is -1.28. The fourth-order valence-corrected chi connectivity index (χ4v) is 1.40. The minimum atomic E-state index is -0.894. The van der Waals surface area contributed by atoms with Gasteiger partial charge in [0.25, 0.3) is 0 Å². The van der Waals surface area contributed by atoms with Crippen molar-refractivity contribution < 1.29 is 9.90 Å². The van der Waals surface area contributed by atoms with Crippen LogP contribution in [0, 0.1) is 6.92 Å². The second-order valence-electron chi connectivity index (χ2n) is 3.26. The second-order valence-corrected chi connectivity index (χ2v) is 3.63. The fourth-order valence-electron chi connectivity index (χ4n) is 1.27. The van der Waals surface area contributed by atoms with Gasteiger partial charge in [-0.05, 0) is 36.6 Å². The second kappa shape index (κ2) is 5.56. The normalized spacial score (nSPS) is 10.8. The maximum Gasteiger partial charge on any atom is 0.335 e. The SMILES string of the molecule is Cc1cc(C(=O)O)ccc1C=CCCCl. The number of hydrogen-bond acceptors (Lipinski definition) is 1. The fraction of sp³-hybridized carbons (Fsp3) is 0.250. The van der Waals surface area contributed by atoms with Crippen LogP contribution in [0.1, 0.15) is 27.9 Å². The Labute approximate surface area is 94.2 Å². The number of aryl methyl sites for hydroxylation is 1. The van der Waals surface area contributed by atoms with E-state index in [1.165, 1.54) is 0 Å². The molecule has 0 aliphatic heterocycles. The Morgan fingerprint density at radius 2 is 2.27 bits per heavy atom. The standard InChI is InChI=1S/C12H13ClO2/c1-9-8-11(12(14)15)6-5-10(9)4-2-3-7-13/h2,4-6,8H,3,7H2,1H3,(H,14,15). The lowest BCUT2D eigenvalue weighted by Crippen LogP contribution is -1.96. The molecule has 2 nitrogen and oxygen atoms in total. The van der Waals surface area contributed by atoms with Crippen molar-refractivity contribution >= 4 is 23.6 Å². The van der Waals surface area contributed by atoms with E-state index in [9.17, 15) is 4.79 Å². The summed E-state index contributed by atoms with van der Waals surface area (Å²) in [5, 5.41) is 8.78. The molecule has 1 aromatic carbocycles. The van der Waals surface area contributed by atoms with E-state index in [0.29, 0.717) is 11.4 Å². The van der Waals surface area contributed by atoms with Crippen LogP contribution < -0.4 is 0 Å². The minimum Gasteiger partial charge on any atom is -0.478 e. The predicted molar refractivity (Wildman–Crippen MR) is 62.5 cm³/mol. The monoisotopic (exact) mass is 224 g/mol. The van der Waals surface area contributed by atoms with Gasteiger partial charge in [0.05, 0.1) is 5.56 Å². The van der Waals surface area contributed by atoms with E-state index in [1.54, 1.807) is 12.1 Å². The van der Waals surface area contributed by atoms with Gasteiger partial charge in [0.1, 0.15) is 0 Å². The lowest BCUT2D eigenvalue weighted by Gasteiger charge is -2.01. The third-order valence-electron chi connectivity index (χ3n) is 2.09. The van der Waals surface area contributed by atoms with Crippen molar-refractivity contribution in [2.24, 2.45) is 0 Å². The van der Waals surface area contributed by atoms with E-state index in [2.05, 4.69) is 0 Å². The van der Waals surface area contributed by atoms with Crippen LogP contribution in [0.25, 0.3) is 6.08 Å². The van der Waals surface area contributed by atoms with Gasteiger partial charge in [-0.1, -0.05) is 18.2 Å². The number of allylic oxidation sites excluding steroid dienone is 1. The number of benzene rings is 1. The zero-order valence-electron chi connectivity index (χ0n) is 8.53. The first-order chi connectivity index (χ1) is 7.15. The summed E-state index contributed by atoms with van der Waals surface area (Å²) in [5.74, 6) is -0.294. The Morgan fingerprint density at radius 3 is 2.80 bits per heavy atom. The maximum absolute atomic E-state index is 10.7. The number of carboxylic acid groups (broad SMARTS) is 1. The number of rotatable bonds is 4. The molecular weight excluding hydrogens is 212 g/mol. The number of carboxylic acids is 1. The molecule has 0 atom stereocenters. The number of halogens is 1. The summed E-state index contributed by atoms with van der Waals surface area (Å²) in [5.41, 5.74) is 2.31. The molecule has 1 rings (SSSR count). The maximum atomic E-state index is 10.7. The summed E-state index contributed by atoms with van der Waals surface area (Å²) >= 11 is 5.55. The Kier molecular flexibility index (Phi) is 4.37. The molecular formula is C12H13ClO2. The van der Waals surface area contributed by atoms with Crippen molar-refractivity contribution in [1.29, 1.82) is 0 Å². The van der Waals surface area contributed by atoms with Gasteiger partial charge in [-0.25, -0.2) is 4.79 Å². The van der Waals surface area contributed by atoms with E-state index in [-0.39, 0.29) is 0 Å². The van der Waals surface area contributed by atoms with E-state index < -0.39 is 5.97 Å². The molecule has 15 heavy (non-hydrogen) atoms.